The maximum atomic E-state index is 13.5. The van der Waals surface area contributed by atoms with Crippen LogP contribution in [0.3, 0.4) is 0 Å². The van der Waals surface area contributed by atoms with E-state index in [-0.39, 0.29) is 18.3 Å². The first kappa shape index (κ1) is 25.7. The Labute approximate surface area is 218 Å². The van der Waals surface area contributed by atoms with Gasteiger partial charge in [0.1, 0.15) is 5.69 Å². The summed E-state index contributed by atoms with van der Waals surface area (Å²) in [6.45, 7) is 1.09. The molecule has 4 N–H and O–H groups in total. The predicted octanol–water partition coefficient (Wildman–Crippen LogP) is 5.69. The molecule has 38 heavy (non-hydrogen) atoms. The Morgan fingerprint density at radius 2 is 1.71 bits per heavy atom. The Morgan fingerprint density at radius 3 is 2.42 bits per heavy atom. The minimum atomic E-state index is -4.71. The van der Waals surface area contributed by atoms with Crippen LogP contribution in [0.25, 0.3) is 5.69 Å². The van der Waals surface area contributed by atoms with Crippen molar-refractivity contribution in [3.63, 3.8) is 0 Å². The van der Waals surface area contributed by atoms with Gasteiger partial charge in [0.2, 0.25) is 0 Å². The molecule has 196 valence electrons. The molecule has 1 unspecified atom stereocenters. The quantitative estimate of drug-likeness (QED) is 0.265. The summed E-state index contributed by atoms with van der Waals surface area (Å²) < 4.78 is 41.6. The molecule has 0 radical (unpaired) electrons. The molecule has 0 aliphatic heterocycles. The van der Waals surface area contributed by atoms with Gasteiger partial charge in [0.05, 0.1) is 11.7 Å². The number of benzene rings is 3. The van der Waals surface area contributed by atoms with Crippen molar-refractivity contribution in [2.24, 2.45) is 11.7 Å². The highest BCUT2D eigenvalue weighted by molar-refractivity contribution is 6.03. The number of rotatable bonds is 9. The summed E-state index contributed by atoms with van der Waals surface area (Å²) in [6, 6.07) is 24.6. The van der Waals surface area contributed by atoms with Gasteiger partial charge in [-0.15, -0.1) is 0 Å². The number of halogens is 3. The second-order valence-corrected chi connectivity index (χ2v) is 9.47. The summed E-state index contributed by atoms with van der Waals surface area (Å²) in [5.74, 6) is -0.0320. The summed E-state index contributed by atoms with van der Waals surface area (Å²) >= 11 is 0. The van der Waals surface area contributed by atoms with Crippen molar-refractivity contribution < 1.29 is 18.0 Å². The van der Waals surface area contributed by atoms with Crippen LogP contribution in [0.1, 0.15) is 51.8 Å². The van der Waals surface area contributed by atoms with Gasteiger partial charge in [-0.3, -0.25) is 4.79 Å². The molecule has 1 heterocycles. The average molecular weight is 520 g/mol. The van der Waals surface area contributed by atoms with Crippen molar-refractivity contribution in [2.45, 2.75) is 31.6 Å². The zero-order valence-electron chi connectivity index (χ0n) is 20.6. The fourth-order valence-electron chi connectivity index (χ4n) is 4.36. The molecule has 1 fully saturated rings. The number of nitrogens with one attached hydrogen (secondary N) is 2. The lowest BCUT2D eigenvalue weighted by atomic mass is 9.98. The molecule has 1 aliphatic rings. The first-order chi connectivity index (χ1) is 18.3. The van der Waals surface area contributed by atoms with Crippen molar-refractivity contribution in [2.75, 3.05) is 11.9 Å². The van der Waals surface area contributed by atoms with E-state index >= 15 is 0 Å². The van der Waals surface area contributed by atoms with E-state index in [1.165, 1.54) is 12.8 Å². The molecule has 1 atom stereocenters. The molecule has 4 aromatic rings. The monoisotopic (exact) mass is 519 g/mol. The highest BCUT2D eigenvalue weighted by atomic mass is 19.4. The van der Waals surface area contributed by atoms with E-state index in [1.54, 1.807) is 30.3 Å². The molecule has 1 amide bonds. The van der Waals surface area contributed by atoms with Gasteiger partial charge in [0.25, 0.3) is 5.91 Å². The fourth-order valence-corrected chi connectivity index (χ4v) is 4.36. The van der Waals surface area contributed by atoms with Crippen LogP contribution in [-0.2, 0) is 12.7 Å². The standard InChI is InChI=1S/C29H28F3N5O/c30-29(31,32)26-16-25(37(36-26)24-11-4-6-20(14-24)17-33)28(38)35-23-10-5-9-22(15-23)27(34-18-19-12-13-19)21-7-2-1-3-8-21/h1-11,14-16,19,27,34H,12-13,17-18,33H2,(H,35,38). The van der Waals surface area contributed by atoms with Crippen LogP contribution < -0.4 is 16.4 Å². The predicted molar refractivity (Wildman–Crippen MR) is 140 cm³/mol. The Bertz CT molecular complexity index is 1410. The van der Waals surface area contributed by atoms with Crippen molar-refractivity contribution in [1.82, 2.24) is 15.1 Å². The third kappa shape index (κ3) is 5.95. The first-order valence-corrected chi connectivity index (χ1v) is 12.5. The summed E-state index contributed by atoms with van der Waals surface area (Å²) in [6.07, 6.45) is -2.28. The number of carbonyl (C=O) groups is 1. The normalized spacial score (nSPS) is 14.3. The molecule has 6 nitrogen and oxygen atoms in total. The number of alkyl halides is 3. The maximum absolute atomic E-state index is 13.5. The molecule has 3 aromatic carbocycles. The Kier molecular flexibility index (Phi) is 7.31. The minimum Gasteiger partial charge on any atom is -0.326 e. The molecule has 1 aromatic heterocycles. The lowest BCUT2D eigenvalue weighted by Gasteiger charge is -2.21. The van der Waals surface area contributed by atoms with Gasteiger partial charge in [0, 0.05) is 18.3 Å². The van der Waals surface area contributed by atoms with Crippen LogP contribution in [-0.4, -0.2) is 22.2 Å². The third-order valence-electron chi connectivity index (χ3n) is 6.54. The number of nitrogens with zero attached hydrogens (tertiary/aromatic N) is 2. The minimum absolute atomic E-state index is 0.0879. The van der Waals surface area contributed by atoms with Crippen molar-refractivity contribution in [3.05, 3.63) is 113 Å². The molecular formula is C29H28F3N5O. The van der Waals surface area contributed by atoms with Crippen LogP contribution in [0.5, 0.6) is 0 Å². The van der Waals surface area contributed by atoms with Gasteiger partial charge < -0.3 is 16.4 Å². The van der Waals surface area contributed by atoms with Crippen molar-refractivity contribution in [3.8, 4) is 5.69 Å². The second-order valence-electron chi connectivity index (χ2n) is 9.47. The SMILES string of the molecule is NCc1cccc(-n2nc(C(F)(F)F)cc2C(=O)Nc2cccc(C(NCC3CC3)c3ccccc3)c2)c1. The van der Waals surface area contributed by atoms with E-state index in [0.29, 0.717) is 22.9 Å². The molecule has 9 heteroatoms. The summed E-state index contributed by atoms with van der Waals surface area (Å²) in [5.41, 5.74) is 7.83. The number of anilines is 1. The topological polar surface area (TPSA) is 85.0 Å². The Balaban J connectivity index is 1.44. The lowest BCUT2D eigenvalue weighted by Crippen LogP contribution is -2.25. The van der Waals surface area contributed by atoms with E-state index in [9.17, 15) is 18.0 Å². The lowest BCUT2D eigenvalue weighted by molar-refractivity contribution is -0.141. The van der Waals surface area contributed by atoms with E-state index < -0.39 is 17.8 Å². The summed E-state index contributed by atoms with van der Waals surface area (Å²) in [5, 5.41) is 10.1. The molecule has 0 bridgehead atoms. The number of hydrogen-bond acceptors (Lipinski definition) is 4. The van der Waals surface area contributed by atoms with E-state index in [2.05, 4.69) is 15.7 Å². The second kappa shape index (κ2) is 10.8. The average Bonchev–Trinajstić information content (AvgIpc) is 3.63. The van der Waals surface area contributed by atoms with Crippen LogP contribution in [0.15, 0.2) is 84.9 Å². The van der Waals surface area contributed by atoms with Gasteiger partial charge in [-0.25, -0.2) is 4.68 Å². The zero-order chi connectivity index (χ0) is 26.7. The number of aromatic nitrogens is 2. The highest BCUT2D eigenvalue weighted by Crippen LogP contribution is 2.32. The van der Waals surface area contributed by atoms with Crippen LogP contribution in [0.2, 0.25) is 0 Å². The van der Waals surface area contributed by atoms with Crippen LogP contribution in [0.4, 0.5) is 18.9 Å². The molecule has 1 aliphatic carbocycles. The molecule has 5 rings (SSSR count). The van der Waals surface area contributed by atoms with E-state index in [0.717, 1.165) is 28.4 Å². The third-order valence-corrected chi connectivity index (χ3v) is 6.54. The van der Waals surface area contributed by atoms with Crippen LogP contribution in [0, 0.1) is 5.92 Å². The summed E-state index contributed by atoms with van der Waals surface area (Å²) in [4.78, 5) is 13.3. The largest absolute Gasteiger partial charge is 0.435 e. The van der Waals surface area contributed by atoms with Crippen molar-refractivity contribution >= 4 is 11.6 Å². The fraction of sp³-hybridized carbons (Fsp3) is 0.241. The molecule has 0 saturated heterocycles. The van der Waals surface area contributed by atoms with Gasteiger partial charge in [0.15, 0.2) is 5.69 Å². The summed E-state index contributed by atoms with van der Waals surface area (Å²) in [7, 11) is 0. The molecule has 1 saturated carbocycles. The number of hydrogen-bond donors (Lipinski definition) is 3. The number of nitrogens with two attached hydrogens (primary N) is 1. The van der Waals surface area contributed by atoms with Gasteiger partial charge in [-0.1, -0.05) is 54.6 Å². The van der Waals surface area contributed by atoms with Gasteiger partial charge >= 0.3 is 6.18 Å². The zero-order valence-corrected chi connectivity index (χ0v) is 20.6. The van der Waals surface area contributed by atoms with E-state index in [1.807, 2.05) is 48.5 Å². The van der Waals surface area contributed by atoms with Crippen LogP contribution >= 0.6 is 0 Å². The first-order valence-electron chi connectivity index (χ1n) is 12.5. The highest BCUT2D eigenvalue weighted by Gasteiger charge is 2.36. The number of amides is 1. The van der Waals surface area contributed by atoms with E-state index in [4.69, 9.17) is 5.73 Å². The van der Waals surface area contributed by atoms with Gasteiger partial charge in [-0.05, 0) is 66.3 Å². The Morgan fingerprint density at radius 1 is 0.974 bits per heavy atom. The Hall–Kier alpha value is -3.95. The maximum Gasteiger partial charge on any atom is 0.435 e. The molecule has 0 spiro atoms. The van der Waals surface area contributed by atoms with Crippen molar-refractivity contribution in [1.29, 1.82) is 0 Å². The van der Waals surface area contributed by atoms with Gasteiger partial charge in [-0.2, -0.15) is 18.3 Å². The number of carbonyl (C=O) groups excluding carboxylic acids is 1. The molecular weight excluding hydrogens is 491 g/mol. The smallest absolute Gasteiger partial charge is 0.326 e.